The van der Waals surface area contributed by atoms with Crippen LogP contribution in [0.1, 0.15) is 12.0 Å². The Morgan fingerprint density at radius 2 is 2.00 bits per heavy atom. The zero-order valence-corrected chi connectivity index (χ0v) is 14.5. The number of aliphatic hydroxyl groups is 1. The van der Waals surface area contributed by atoms with Gasteiger partial charge in [0.05, 0.1) is 21.1 Å². The summed E-state index contributed by atoms with van der Waals surface area (Å²) >= 11 is 0. The molecule has 1 unspecified atom stereocenters. The zero-order chi connectivity index (χ0) is 18.2. The van der Waals surface area contributed by atoms with Crippen LogP contribution in [-0.4, -0.2) is 66.1 Å². The molecule has 134 valence electrons. The zero-order valence-electron chi connectivity index (χ0n) is 14.5. The summed E-state index contributed by atoms with van der Waals surface area (Å²) in [7, 11) is 5.66. The molecule has 0 aliphatic carbocycles. The van der Waals surface area contributed by atoms with Crippen molar-refractivity contribution in [2.45, 2.75) is 18.9 Å². The van der Waals surface area contributed by atoms with Gasteiger partial charge in [-0.05, 0) is 18.1 Å². The third kappa shape index (κ3) is 7.56. The van der Waals surface area contributed by atoms with Gasteiger partial charge >= 0.3 is 0 Å². The molecule has 0 radical (unpaired) electrons. The van der Waals surface area contributed by atoms with E-state index in [1.54, 1.807) is 0 Å². The van der Waals surface area contributed by atoms with Gasteiger partial charge in [-0.1, -0.05) is 18.2 Å². The lowest BCUT2D eigenvalue weighted by atomic mass is 10.1. The number of carbonyl (C=O) groups is 1. The smallest absolute Gasteiger partial charge is 0.108 e. The van der Waals surface area contributed by atoms with E-state index in [4.69, 9.17) is 10.3 Å². The molecule has 2 aromatic rings. The van der Waals surface area contributed by atoms with Crippen molar-refractivity contribution >= 4 is 16.9 Å². The van der Waals surface area contributed by atoms with Crippen molar-refractivity contribution in [2.75, 3.05) is 34.2 Å². The molecule has 0 fully saturated rings. The van der Waals surface area contributed by atoms with Gasteiger partial charge in [-0.15, -0.1) is 0 Å². The Kier molecular flexibility index (Phi) is 7.87. The third-order valence-corrected chi connectivity index (χ3v) is 3.34. The van der Waals surface area contributed by atoms with Crippen molar-refractivity contribution in [3.63, 3.8) is 0 Å². The van der Waals surface area contributed by atoms with Crippen molar-refractivity contribution in [1.29, 1.82) is 0 Å². The normalized spacial score (nSPS) is 12.5. The van der Waals surface area contributed by atoms with Gasteiger partial charge in [-0.3, -0.25) is 0 Å². The molecule has 0 amide bonds. The number of carbonyl (C=O) groups excluding carboxylic acids is 1. The molecular formula is C17H27N3O4. The first-order valence-electron chi connectivity index (χ1n) is 7.83. The molecule has 0 aliphatic rings. The van der Waals surface area contributed by atoms with Gasteiger partial charge in [0.25, 0.3) is 0 Å². The van der Waals surface area contributed by atoms with Crippen molar-refractivity contribution in [2.24, 2.45) is 0 Å². The number of rotatable bonds is 7. The van der Waals surface area contributed by atoms with Gasteiger partial charge in [-0.25, -0.2) is 5.48 Å². The van der Waals surface area contributed by atoms with Gasteiger partial charge in [0.15, 0.2) is 0 Å². The second-order valence-electron chi connectivity index (χ2n) is 6.72. The Hall–Kier alpha value is -1.93. The van der Waals surface area contributed by atoms with E-state index in [0.29, 0.717) is 17.6 Å². The number of quaternary nitrogens is 1. The van der Waals surface area contributed by atoms with Crippen LogP contribution in [0.25, 0.3) is 10.9 Å². The van der Waals surface area contributed by atoms with E-state index in [-0.39, 0.29) is 6.42 Å². The monoisotopic (exact) mass is 337 g/mol. The fourth-order valence-corrected chi connectivity index (χ4v) is 2.42. The van der Waals surface area contributed by atoms with Crippen molar-refractivity contribution in [3.8, 4) is 0 Å². The minimum Gasteiger partial charge on any atom is -0.550 e. The number of aromatic nitrogens is 1. The van der Waals surface area contributed by atoms with Crippen molar-refractivity contribution < 1.29 is 24.7 Å². The van der Waals surface area contributed by atoms with Gasteiger partial charge in [0, 0.05) is 36.0 Å². The molecule has 24 heavy (non-hydrogen) atoms. The predicted molar refractivity (Wildman–Crippen MR) is 90.3 cm³/mol. The summed E-state index contributed by atoms with van der Waals surface area (Å²) in [5.74, 6) is -1.20. The maximum Gasteiger partial charge on any atom is 0.108 e. The number of hydroxylamine groups is 1. The summed E-state index contributed by atoms with van der Waals surface area (Å²) in [6, 6.07) is 8.16. The highest BCUT2D eigenvalue weighted by Crippen LogP contribution is 2.17. The number of likely N-dealkylation sites (N-methyl/N-ethyl adjacent to an activating group) is 1. The van der Waals surface area contributed by atoms with E-state index < -0.39 is 12.1 Å². The van der Waals surface area contributed by atoms with Crippen LogP contribution in [0.3, 0.4) is 0 Å². The van der Waals surface area contributed by atoms with Crippen LogP contribution in [0.4, 0.5) is 0 Å². The number of carboxylic acids is 1. The quantitative estimate of drug-likeness (QED) is 0.416. The van der Waals surface area contributed by atoms with Crippen LogP contribution >= 0.6 is 0 Å². The molecule has 1 heterocycles. The van der Waals surface area contributed by atoms with Gasteiger partial charge < -0.3 is 29.7 Å². The van der Waals surface area contributed by atoms with Gasteiger partial charge in [-0.2, -0.15) is 0 Å². The highest BCUT2D eigenvalue weighted by molar-refractivity contribution is 5.83. The second-order valence-corrected chi connectivity index (χ2v) is 6.72. The summed E-state index contributed by atoms with van der Waals surface area (Å²) in [6.07, 6.45) is 1.73. The van der Waals surface area contributed by atoms with E-state index >= 15 is 0 Å². The van der Waals surface area contributed by atoms with Crippen LogP contribution in [0, 0.1) is 0 Å². The number of aliphatic carboxylic acids is 1. The molecule has 0 spiro atoms. The summed E-state index contributed by atoms with van der Waals surface area (Å²) < 4.78 is 0.550. The van der Waals surface area contributed by atoms with Gasteiger partial charge in [0.2, 0.25) is 0 Å². The molecule has 7 heteroatoms. The topological polar surface area (TPSA) is 108 Å². The number of hydrogen-bond donors (Lipinski definition) is 4. The van der Waals surface area contributed by atoms with Gasteiger partial charge in [0.1, 0.15) is 12.6 Å². The summed E-state index contributed by atoms with van der Waals surface area (Å²) in [5, 5.41) is 28.8. The summed E-state index contributed by atoms with van der Waals surface area (Å²) in [4.78, 5) is 13.2. The van der Waals surface area contributed by atoms with E-state index in [9.17, 15) is 9.90 Å². The molecule has 1 aromatic heterocycles. The molecular weight excluding hydrogens is 310 g/mol. The average Bonchev–Trinajstić information content (AvgIpc) is 2.86. The summed E-state index contributed by atoms with van der Waals surface area (Å²) in [5.41, 5.74) is 4.54. The fourth-order valence-electron chi connectivity index (χ4n) is 2.42. The summed E-state index contributed by atoms with van der Waals surface area (Å²) in [6.45, 7) is 1.01. The molecule has 2 rings (SSSR count). The Labute approximate surface area is 142 Å². The first-order chi connectivity index (χ1) is 11.2. The Bertz CT molecular complexity index is 634. The number of nitrogens with zero attached hydrogens (tertiary/aromatic N) is 1. The maximum absolute atomic E-state index is 10.0. The molecule has 0 bridgehead atoms. The van der Waals surface area contributed by atoms with E-state index in [2.05, 4.69) is 16.5 Å². The SMILES string of the molecule is C[N+](C)(C)CC(O)CC(=O)[O-].ONCCc1c[nH]c2ccccc12. The lowest BCUT2D eigenvalue weighted by Gasteiger charge is -2.26. The molecule has 0 saturated heterocycles. The molecule has 0 saturated carbocycles. The molecule has 1 atom stereocenters. The third-order valence-electron chi connectivity index (χ3n) is 3.34. The Morgan fingerprint density at radius 3 is 2.58 bits per heavy atom. The van der Waals surface area contributed by atoms with Crippen LogP contribution < -0.4 is 10.6 Å². The lowest BCUT2D eigenvalue weighted by molar-refractivity contribution is -0.873. The fraction of sp³-hybridized carbons (Fsp3) is 0.471. The Balaban J connectivity index is 0.000000245. The first-order valence-corrected chi connectivity index (χ1v) is 7.83. The Morgan fingerprint density at radius 1 is 1.33 bits per heavy atom. The van der Waals surface area contributed by atoms with Crippen molar-refractivity contribution in [1.82, 2.24) is 10.5 Å². The van der Waals surface area contributed by atoms with E-state index in [0.717, 1.165) is 11.9 Å². The molecule has 1 aromatic carbocycles. The van der Waals surface area contributed by atoms with Crippen LogP contribution in [0.5, 0.6) is 0 Å². The second kappa shape index (κ2) is 9.39. The van der Waals surface area contributed by atoms with Crippen molar-refractivity contribution in [3.05, 3.63) is 36.0 Å². The number of aliphatic hydroxyl groups excluding tert-OH is 1. The van der Waals surface area contributed by atoms with E-state index in [1.165, 1.54) is 10.9 Å². The number of nitrogens with one attached hydrogen (secondary N) is 2. The highest BCUT2D eigenvalue weighted by Gasteiger charge is 2.14. The van der Waals surface area contributed by atoms with Crippen LogP contribution in [0.2, 0.25) is 0 Å². The minimum atomic E-state index is -1.20. The number of aromatic amines is 1. The number of carboxylic acid groups (broad SMARTS) is 1. The lowest BCUT2D eigenvalue weighted by Crippen LogP contribution is -2.43. The molecule has 0 aliphatic heterocycles. The minimum absolute atomic E-state index is 0.282. The van der Waals surface area contributed by atoms with E-state index in [1.807, 2.05) is 45.5 Å². The number of fused-ring (bicyclic) bond motifs is 1. The maximum atomic E-state index is 10.0. The largest absolute Gasteiger partial charge is 0.550 e. The number of para-hydroxylation sites is 1. The first kappa shape index (κ1) is 20.1. The average molecular weight is 337 g/mol. The number of H-pyrrole nitrogens is 1. The van der Waals surface area contributed by atoms with Crippen LogP contribution in [0.15, 0.2) is 30.5 Å². The number of benzene rings is 1. The standard InChI is InChI=1S/C10H12N2O.C7H15NO3/c13-12-6-5-8-7-11-10-4-2-1-3-9(8)10;1-8(2,3)5-6(9)4-7(10)11/h1-4,7,11-13H,5-6H2;6,9H,4-5H2,1-3H3. The van der Waals surface area contributed by atoms with Crippen LogP contribution in [-0.2, 0) is 11.2 Å². The predicted octanol–water partition coefficient (Wildman–Crippen LogP) is -0.117. The molecule has 4 N–H and O–H groups in total. The number of hydrogen-bond acceptors (Lipinski definition) is 5. The highest BCUT2D eigenvalue weighted by atomic mass is 16.5. The molecule has 7 nitrogen and oxygen atoms in total.